The van der Waals surface area contributed by atoms with Gasteiger partial charge in [0.25, 0.3) is 5.19 Å². The third-order valence-corrected chi connectivity index (χ3v) is 7.45. The van der Waals surface area contributed by atoms with E-state index in [1.807, 2.05) is 4.90 Å². The maximum absolute atomic E-state index is 12.5. The lowest BCUT2D eigenvalue weighted by Crippen LogP contribution is -2.42. The molecule has 0 radical (unpaired) electrons. The molecule has 152 valence electrons. The summed E-state index contributed by atoms with van der Waals surface area (Å²) in [6.45, 7) is 7.77. The Hall–Kier alpha value is -2.05. The van der Waals surface area contributed by atoms with Gasteiger partial charge in [-0.15, -0.1) is 11.8 Å². The van der Waals surface area contributed by atoms with E-state index in [9.17, 15) is 4.79 Å². The summed E-state index contributed by atoms with van der Waals surface area (Å²) in [7, 11) is 0. The quantitative estimate of drug-likeness (QED) is 0.514. The fourth-order valence-electron chi connectivity index (χ4n) is 3.53. The second kappa shape index (κ2) is 8.76. The summed E-state index contributed by atoms with van der Waals surface area (Å²) in [5, 5.41) is 0.747. The van der Waals surface area contributed by atoms with Gasteiger partial charge < -0.3 is 9.64 Å². The maximum atomic E-state index is 12.5. The predicted molar refractivity (Wildman–Crippen MR) is 121 cm³/mol. The van der Waals surface area contributed by atoms with Gasteiger partial charge in [-0.2, -0.15) is 0 Å². The number of hydrogen-bond donors (Lipinski definition) is 0. The Morgan fingerprint density at radius 3 is 2.48 bits per heavy atom. The van der Waals surface area contributed by atoms with Crippen molar-refractivity contribution in [1.29, 1.82) is 0 Å². The van der Waals surface area contributed by atoms with Gasteiger partial charge in [-0.1, -0.05) is 41.2 Å². The molecule has 0 atom stereocenters. The number of ether oxygens (including phenoxy) is 1. The van der Waals surface area contributed by atoms with Crippen molar-refractivity contribution in [3.05, 3.63) is 53.1 Å². The molecule has 0 N–H and O–H groups in total. The minimum atomic E-state index is 0.130. The number of hydrogen-bond acceptors (Lipinski definition) is 5. The van der Waals surface area contributed by atoms with Crippen LogP contribution in [-0.4, -0.2) is 40.7 Å². The Bertz CT molecular complexity index is 967. The van der Waals surface area contributed by atoms with Crippen molar-refractivity contribution in [2.75, 3.05) is 18.8 Å². The van der Waals surface area contributed by atoms with Gasteiger partial charge in [0, 0.05) is 30.8 Å². The zero-order chi connectivity index (χ0) is 20.4. The van der Waals surface area contributed by atoms with Gasteiger partial charge in [0.05, 0.1) is 16.0 Å². The van der Waals surface area contributed by atoms with Crippen molar-refractivity contribution in [3.8, 4) is 5.19 Å². The zero-order valence-corrected chi connectivity index (χ0v) is 18.7. The fourth-order valence-corrected chi connectivity index (χ4v) is 5.36. The number of fused-ring (bicyclic) bond motifs is 1. The molecule has 1 aliphatic heterocycles. The van der Waals surface area contributed by atoms with Crippen LogP contribution in [0.15, 0.2) is 41.3 Å². The summed E-state index contributed by atoms with van der Waals surface area (Å²) in [5.41, 5.74) is 4.71. The van der Waals surface area contributed by atoms with Crippen LogP contribution in [0.4, 0.5) is 0 Å². The topological polar surface area (TPSA) is 42.4 Å². The minimum Gasteiger partial charge on any atom is -0.467 e. The van der Waals surface area contributed by atoms with Crippen LogP contribution in [0.5, 0.6) is 5.19 Å². The first-order chi connectivity index (χ1) is 14.0. The first-order valence-electron chi connectivity index (χ1n) is 10.0. The predicted octanol–water partition coefficient (Wildman–Crippen LogP) is 5.38. The Kier molecular flexibility index (Phi) is 6.11. The molecule has 1 aliphatic rings. The normalized spacial score (nSPS) is 15.1. The number of aryl methyl sites for hydroxylation is 3. The summed E-state index contributed by atoms with van der Waals surface area (Å²) in [5.74, 6) is 0.700. The van der Waals surface area contributed by atoms with E-state index in [-0.39, 0.29) is 12.0 Å². The van der Waals surface area contributed by atoms with Crippen LogP contribution in [-0.2, 0) is 4.79 Å². The maximum Gasteiger partial charge on any atom is 0.274 e. The standard InChI is InChI=1S/C23H26N2O2S2/c1-15-4-8-19(9-5-15)28-14-20(26)25-12-10-18(11-13-25)27-23-24-21-16(2)6-7-17(3)22(21)29-23/h4-9,18H,10-14H2,1-3H3. The average Bonchev–Trinajstić information content (AvgIpc) is 3.16. The smallest absolute Gasteiger partial charge is 0.274 e. The van der Waals surface area contributed by atoms with Crippen LogP contribution in [0.25, 0.3) is 10.2 Å². The van der Waals surface area contributed by atoms with Crippen LogP contribution in [0.3, 0.4) is 0 Å². The molecule has 1 amide bonds. The molecule has 0 spiro atoms. The summed E-state index contributed by atoms with van der Waals surface area (Å²) < 4.78 is 7.39. The molecule has 1 saturated heterocycles. The molecular formula is C23H26N2O2S2. The Morgan fingerprint density at radius 1 is 1.10 bits per heavy atom. The number of likely N-dealkylation sites (tertiary alicyclic amines) is 1. The molecule has 2 heterocycles. The average molecular weight is 427 g/mol. The zero-order valence-electron chi connectivity index (χ0n) is 17.1. The molecule has 0 unspecified atom stereocenters. The van der Waals surface area contributed by atoms with Crippen molar-refractivity contribution in [2.24, 2.45) is 0 Å². The highest BCUT2D eigenvalue weighted by Crippen LogP contribution is 2.33. The third kappa shape index (κ3) is 4.75. The summed E-state index contributed by atoms with van der Waals surface area (Å²) in [6, 6.07) is 12.6. The SMILES string of the molecule is Cc1ccc(SCC(=O)N2CCC(Oc3nc4c(C)ccc(C)c4s3)CC2)cc1. The molecule has 2 aromatic carbocycles. The molecule has 0 bridgehead atoms. The molecule has 29 heavy (non-hydrogen) atoms. The van der Waals surface area contributed by atoms with Gasteiger partial charge in [-0.3, -0.25) is 4.79 Å². The van der Waals surface area contributed by atoms with E-state index in [1.54, 1.807) is 23.1 Å². The van der Waals surface area contributed by atoms with Crippen molar-refractivity contribution in [2.45, 2.75) is 44.6 Å². The second-order valence-electron chi connectivity index (χ2n) is 7.66. The summed E-state index contributed by atoms with van der Waals surface area (Å²) in [6.07, 6.45) is 1.84. The van der Waals surface area contributed by atoms with E-state index >= 15 is 0 Å². The number of benzene rings is 2. The lowest BCUT2D eigenvalue weighted by molar-refractivity contribution is -0.130. The Balaban J connectivity index is 1.29. The molecule has 1 fully saturated rings. The van der Waals surface area contributed by atoms with Crippen LogP contribution < -0.4 is 4.74 Å². The molecular weight excluding hydrogens is 400 g/mol. The highest BCUT2D eigenvalue weighted by Gasteiger charge is 2.25. The molecule has 0 aliphatic carbocycles. The number of nitrogens with zero attached hydrogens (tertiary/aromatic N) is 2. The monoisotopic (exact) mass is 426 g/mol. The Morgan fingerprint density at radius 2 is 1.79 bits per heavy atom. The third-order valence-electron chi connectivity index (χ3n) is 5.37. The summed E-state index contributed by atoms with van der Waals surface area (Å²) in [4.78, 5) is 20.4. The summed E-state index contributed by atoms with van der Waals surface area (Å²) >= 11 is 3.24. The van der Waals surface area contributed by atoms with Crippen molar-refractivity contribution in [3.63, 3.8) is 0 Å². The molecule has 4 rings (SSSR count). The fraction of sp³-hybridized carbons (Fsp3) is 0.391. The van der Waals surface area contributed by atoms with E-state index < -0.39 is 0 Å². The van der Waals surface area contributed by atoms with E-state index in [0.717, 1.165) is 41.5 Å². The van der Waals surface area contributed by atoms with Crippen molar-refractivity contribution in [1.82, 2.24) is 9.88 Å². The molecule has 1 aromatic heterocycles. The van der Waals surface area contributed by atoms with Crippen molar-refractivity contribution < 1.29 is 9.53 Å². The highest BCUT2D eigenvalue weighted by molar-refractivity contribution is 8.00. The Labute approximate surface area is 180 Å². The van der Waals surface area contributed by atoms with Gasteiger partial charge in [-0.05, 0) is 44.0 Å². The van der Waals surface area contributed by atoms with Gasteiger partial charge >= 0.3 is 0 Å². The van der Waals surface area contributed by atoms with Crippen LogP contribution >= 0.6 is 23.1 Å². The number of thiazole rings is 1. The van der Waals surface area contributed by atoms with Gasteiger partial charge in [-0.25, -0.2) is 4.98 Å². The number of thioether (sulfide) groups is 1. The number of rotatable bonds is 5. The molecule has 6 heteroatoms. The van der Waals surface area contributed by atoms with E-state index in [0.29, 0.717) is 5.75 Å². The number of carbonyl (C=O) groups is 1. The molecule has 3 aromatic rings. The minimum absolute atomic E-state index is 0.130. The lowest BCUT2D eigenvalue weighted by atomic mass is 10.1. The number of amides is 1. The second-order valence-corrected chi connectivity index (χ2v) is 9.67. The van der Waals surface area contributed by atoms with E-state index in [2.05, 4.69) is 57.2 Å². The van der Waals surface area contributed by atoms with Gasteiger partial charge in [0.15, 0.2) is 0 Å². The van der Waals surface area contributed by atoms with Crippen LogP contribution in [0.1, 0.15) is 29.5 Å². The first kappa shape index (κ1) is 20.2. The van der Waals surface area contributed by atoms with Gasteiger partial charge in [0.2, 0.25) is 5.91 Å². The van der Waals surface area contributed by atoms with Crippen LogP contribution in [0.2, 0.25) is 0 Å². The number of carbonyl (C=O) groups excluding carboxylic acids is 1. The van der Waals surface area contributed by atoms with E-state index in [1.165, 1.54) is 21.4 Å². The lowest BCUT2D eigenvalue weighted by Gasteiger charge is -2.31. The molecule has 4 nitrogen and oxygen atoms in total. The number of piperidine rings is 1. The number of aromatic nitrogens is 1. The van der Waals surface area contributed by atoms with Crippen molar-refractivity contribution >= 4 is 39.2 Å². The van der Waals surface area contributed by atoms with E-state index in [4.69, 9.17) is 9.72 Å². The van der Waals surface area contributed by atoms with Gasteiger partial charge in [0.1, 0.15) is 6.10 Å². The van der Waals surface area contributed by atoms with Crippen LogP contribution in [0, 0.1) is 20.8 Å². The largest absolute Gasteiger partial charge is 0.467 e. The molecule has 0 saturated carbocycles. The highest BCUT2D eigenvalue weighted by atomic mass is 32.2. The first-order valence-corrected chi connectivity index (χ1v) is 11.8.